The summed E-state index contributed by atoms with van der Waals surface area (Å²) >= 11 is 0. The fraction of sp³-hybridized carbons (Fsp3) is 0.300. The van der Waals surface area contributed by atoms with E-state index in [4.69, 9.17) is 0 Å². The largest absolute Gasteiger partial charge is 0.356 e. The van der Waals surface area contributed by atoms with E-state index in [1.807, 2.05) is 18.3 Å². The number of anilines is 1. The molecule has 4 aromatic heterocycles. The van der Waals surface area contributed by atoms with Gasteiger partial charge in [0.05, 0.1) is 23.9 Å². The Hall–Kier alpha value is -3.36. The molecule has 0 aliphatic carbocycles. The first kappa shape index (κ1) is 17.7. The number of rotatable bonds is 4. The van der Waals surface area contributed by atoms with Gasteiger partial charge < -0.3 is 9.88 Å². The molecule has 1 atom stereocenters. The standard InChI is InChI=1S/C20H19F2N7/c21-20(22)15-3-4-18-25-10-17(29(18)27-15)13-5-6-24-19(8-13)28-7-1-2-14(11-28)16-9-23-12-26-16/h3-6,8-10,12,14,20H,1-2,7,11H2,(H,23,26). The predicted molar refractivity (Wildman–Crippen MR) is 104 cm³/mol. The van der Waals surface area contributed by atoms with Crippen molar-refractivity contribution in [3.05, 3.63) is 60.6 Å². The van der Waals surface area contributed by atoms with Crippen LogP contribution in [0.5, 0.6) is 0 Å². The van der Waals surface area contributed by atoms with Gasteiger partial charge in [-0.05, 0) is 37.1 Å². The second kappa shape index (κ2) is 7.23. The van der Waals surface area contributed by atoms with E-state index in [2.05, 4.69) is 29.9 Å². The van der Waals surface area contributed by atoms with E-state index >= 15 is 0 Å². The van der Waals surface area contributed by atoms with E-state index < -0.39 is 6.43 Å². The Kier molecular flexibility index (Phi) is 4.42. The van der Waals surface area contributed by atoms with Gasteiger partial charge in [0.2, 0.25) is 0 Å². The Bertz CT molecular complexity index is 1120. The summed E-state index contributed by atoms with van der Waals surface area (Å²) in [4.78, 5) is 18.5. The summed E-state index contributed by atoms with van der Waals surface area (Å²) in [5, 5.41) is 4.06. The summed E-state index contributed by atoms with van der Waals surface area (Å²) in [7, 11) is 0. The topological polar surface area (TPSA) is 75.0 Å². The lowest BCUT2D eigenvalue weighted by Crippen LogP contribution is -2.35. The molecule has 1 fully saturated rings. The van der Waals surface area contributed by atoms with Crippen LogP contribution in [-0.2, 0) is 0 Å². The van der Waals surface area contributed by atoms with Crippen LogP contribution >= 0.6 is 0 Å². The normalized spacial score (nSPS) is 17.3. The molecule has 0 spiro atoms. The average Bonchev–Trinajstić information content (AvgIpc) is 3.43. The van der Waals surface area contributed by atoms with Crippen LogP contribution in [0, 0.1) is 0 Å². The molecular weight excluding hydrogens is 376 g/mol. The van der Waals surface area contributed by atoms with Crippen molar-refractivity contribution < 1.29 is 8.78 Å². The van der Waals surface area contributed by atoms with Crippen LogP contribution in [0.1, 0.15) is 36.6 Å². The molecule has 1 saturated heterocycles. The number of pyridine rings is 1. The monoisotopic (exact) mass is 395 g/mol. The molecule has 0 aromatic carbocycles. The number of nitrogens with zero attached hydrogens (tertiary/aromatic N) is 6. The molecule has 1 unspecified atom stereocenters. The fourth-order valence-electron chi connectivity index (χ4n) is 3.87. The van der Waals surface area contributed by atoms with E-state index in [1.54, 1.807) is 24.8 Å². The van der Waals surface area contributed by atoms with Crippen LogP contribution < -0.4 is 4.90 Å². The quantitative estimate of drug-likeness (QED) is 0.568. The van der Waals surface area contributed by atoms with Gasteiger partial charge in [-0.25, -0.2) is 28.2 Å². The second-order valence-corrected chi connectivity index (χ2v) is 7.15. The van der Waals surface area contributed by atoms with Gasteiger partial charge >= 0.3 is 0 Å². The number of H-pyrrole nitrogens is 1. The highest BCUT2D eigenvalue weighted by atomic mass is 19.3. The van der Waals surface area contributed by atoms with E-state index in [0.717, 1.165) is 43.0 Å². The van der Waals surface area contributed by atoms with Crippen LogP contribution in [0.3, 0.4) is 0 Å². The number of aromatic nitrogens is 6. The molecule has 148 valence electrons. The van der Waals surface area contributed by atoms with Crippen LogP contribution in [0.2, 0.25) is 0 Å². The molecule has 1 aliphatic rings. The highest BCUT2D eigenvalue weighted by Crippen LogP contribution is 2.30. The van der Waals surface area contributed by atoms with Crippen LogP contribution in [0.25, 0.3) is 16.9 Å². The number of fused-ring (bicyclic) bond motifs is 1. The third-order valence-electron chi connectivity index (χ3n) is 5.33. The van der Waals surface area contributed by atoms with Crippen molar-refractivity contribution in [3.63, 3.8) is 0 Å². The molecule has 0 amide bonds. The average molecular weight is 395 g/mol. The first-order valence-electron chi connectivity index (χ1n) is 9.52. The van der Waals surface area contributed by atoms with Gasteiger partial charge in [-0.3, -0.25) is 0 Å². The Morgan fingerprint density at radius 3 is 2.90 bits per heavy atom. The molecule has 1 aliphatic heterocycles. The number of aromatic amines is 1. The van der Waals surface area contributed by atoms with Crippen LogP contribution in [0.4, 0.5) is 14.6 Å². The molecule has 4 aromatic rings. The molecule has 0 bridgehead atoms. The molecule has 5 heterocycles. The minimum absolute atomic E-state index is 0.274. The van der Waals surface area contributed by atoms with E-state index in [0.29, 0.717) is 17.3 Å². The number of imidazole rings is 2. The summed E-state index contributed by atoms with van der Waals surface area (Å²) in [6, 6.07) is 6.67. The summed E-state index contributed by atoms with van der Waals surface area (Å²) in [6.45, 7) is 1.75. The maximum Gasteiger partial charge on any atom is 0.282 e. The van der Waals surface area contributed by atoms with E-state index in [1.165, 1.54) is 10.6 Å². The van der Waals surface area contributed by atoms with Gasteiger partial charge in [0.25, 0.3) is 6.43 Å². The lowest BCUT2D eigenvalue weighted by Gasteiger charge is -2.33. The number of hydrogen-bond acceptors (Lipinski definition) is 5. The molecule has 29 heavy (non-hydrogen) atoms. The van der Waals surface area contributed by atoms with Gasteiger partial charge in [0.15, 0.2) is 5.65 Å². The highest BCUT2D eigenvalue weighted by molar-refractivity contribution is 5.66. The SMILES string of the molecule is FC(F)c1ccc2ncc(-c3ccnc(N4CCCC(c5c[nH]cn5)C4)c3)n2n1. The van der Waals surface area contributed by atoms with Crippen molar-refractivity contribution >= 4 is 11.5 Å². The summed E-state index contributed by atoms with van der Waals surface area (Å²) in [5.74, 6) is 1.20. The number of hydrogen-bond donors (Lipinski definition) is 1. The van der Waals surface area contributed by atoms with Gasteiger partial charge in [-0.15, -0.1) is 0 Å². The number of halogens is 2. The number of piperidine rings is 1. The minimum Gasteiger partial charge on any atom is -0.356 e. The Morgan fingerprint density at radius 2 is 2.07 bits per heavy atom. The van der Waals surface area contributed by atoms with Crippen molar-refractivity contribution in [1.29, 1.82) is 0 Å². The molecule has 0 radical (unpaired) electrons. The fourth-order valence-corrected chi connectivity index (χ4v) is 3.87. The third kappa shape index (κ3) is 3.32. The first-order valence-corrected chi connectivity index (χ1v) is 9.52. The molecule has 9 heteroatoms. The Balaban J connectivity index is 1.47. The van der Waals surface area contributed by atoms with Gasteiger partial charge in [-0.1, -0.05) is 0 Å². The van der Waals surface area contributed by atoms with Crippen LogP contribution in [-0.4, -0.2) is 42.6 Å². The lowest BCUT2D eigenvalue weighted by atomic mass is 9.95. The summed E-state index contributed by atoms with van der Waals surface area (Å²) in [6.07, 6.45) is 6.56. The molecule has 0 saturated carbocycles. The van der Waals surface area contributed by atoms with E-state index in [9.17, 15) is 8.78 Å². The van der Waals surface area contributed by atoms with Crippen molar-refractivity contribution in [2.24, 2.45) is 0 Å². The van der Waals surface area contributed by atoms with Gasteiger partial charge in [-0.2, -0.15) is 5.10 Å². The molecular formula is C20H19F2N7. The molecule has 1 N–H and O–H groups in total. The maximum atomic E-state index is 13.1. The zero-order valence-electron chi connectivity index (χ0n) is 15.5. The summed E-state index contributed by atoms with van der Waals surface area (Å²) < 4.78 is 27.6. The third-order valence-corrected chi connectivity index (χ3v) is 5.33. The van der Waals surface area contributed by atoms with Gasteiger partial charge in [0.1, 0.15) is 11.5 Å². The minimum atomic E-state index is -2.63. The van der Waals surface area contributed by atoms with Crippen molar-refractivity contribution in [2.75, 3.05) is 18.0 Å². The number of alkyl halides is 2. The zero-order valence-corrected chi connectivity index (χ0v) is 15.5. The second-order valence-electron chi connectivity index (χ2n) is 7.15. The Labute approximate surface area is 165 Å². The Morgan fingerprint density at radius 1 is 1.14 bits per heavy atom. The predicted octanol–water partition coefficient (Wildman–Crippen LogP) is 3.84. The maximum absolute atomic E-state index is 13.1. The highest BCUT2D eigenvalue weighted by Gasteiger charge is 2.24. The molecule has 5 rings (SSSR count). The van der Waals surface area contributed by atoms with E-state index in [-0.39, 0.29) is 5.69 Å². The first-order chi connectivity index (χ1) is 14.2. The van der Waals surface area contributed by atoms with Crippen LogP contribution in [0.15, 0.2) is 49.2 Å². The molecule has 7 nitrogen and oxygen atoms in total. The van der Waals surface area contributed by atoms with Gasteiger partial charge in [0, 0.05) is 37.0 Å². The lowest BCUT2D eigenvalue weighted by molar-refractivity contribution is 0.144. The zero-order chi connectivity index (χ0) is 19.8. The van der Waals surface area contributed by atoms with Crippen molar-refractivity contribution in [2.45, 2.75) is 25.2 Å². The van der Waals surface area contributed by atoms with Crippen molar-refractivity contribution in [3.8, 4) is 11.3 Å². The van der Waals surface area contributed by atoms with Crippen molar-refractivity contribution in [1.82, 2.24) is 29.5 Å². The smallest absolute Gasteiger partial charge is 0.282 e. The summed E-state index contributed by atoms with van der Waals surface area (Å²) in [5.41, 5.74) is 2.81. The number of nitrogens with one attached hydrogen (secondary N) is 1.